The van der Waals surface area contributed by atoms with E-state index in [9.17, 15) is 5.11 Å². The monoisotopic (exact) mass is 371 g/mol. The SMILES string of the molecule is O[C@@H]1C[C@@H](c2nc(-c3ccc4c(c3)OCO4)no2)N(CC2CCCCC2)C1. The van der Waals surface area contributed by atoms with Crippen LogP contribution in [0, 0.1) is 5.92 Å². The number of aliphatic hydroxyl groups is 1. The van der Waals surface area contributed by atoms with Crippen LogP contribution in [-0.2, 0) is 0 Å². The van der Waals surface area contributed by atoms with E-state index in [1.165, 1.54) is 32.1 Å². The Morgan fingerprint density at radius 2 is 1.96 bits per heavy atom. The topological polar surface area (TPSA) is 80.9 Å². The minimum absolute atomic E-state index is 0.00260. The average molecular weight is 371 g/mol. The lowest BCUT2D eigenvalue weighted by atomic mass is 9.89. The number of likely N-dealkylation sites (tertiary alicyclic amines) is 1. The highest BCUT2D eigenvalue weighted by molar-refractivity contribution is 5.61. The summed E-state index contributed by atoms with van der Waals surface area (Å²) in [4.78, 5) is 6.97. The van der Waals surface area contributed by atoms with Gasteiger partial charge in [-0.15, -0.1) is 0 Å². The average Bonchev–Trinajstić information content (AvgIpc) is 3.41. The molecule has 1 aromatic carbocycles. The predicted molar refractivity (Wildman–Crippen MR) is 97.4 cm³/mol. The van der Waals surface area contributed by atoms with Gasteiger partial charge in [0.05, 0.1) is 12.1 Å². The largest absolute Gasteiger partial charge is 0.454 e. The maximum Gasteiger partial charge on any atom is 0.244 e. The highest BCUT2D eigenvalue weighted by atomic mass is 16.7. The molecule has 5 rings (SSSR count). The first-order valence-corrected chi connectivity index (χ1v) is 9.92. The summed E-state index contributed by atoms with van der Waals surface area (Å²) in [7, 11) is 0. The number of fused-ring (bicyclic) bond motifs is 1. The van der Waals surface area contributed by atoms with Gasteiger partial charge in [0.2, 0.25) is 18.5 Å². The summed E-state index contributed by atoms with van der Waals surface area (Å²) in [5, 5.41) is 14.4. The van der Waals surface area contributed by atoms with Gasteiger partial charge in [-0.3, -0.25) is 4.90 Å². The molecule has 2 aliphatic heterocycles. The van der Waals surface area contributed by atoms with Crippen molar-refractivity contribution in [3.8, 4) is 22.9 Å². The number of hydrogen-bond donors (Lipinski definition) is 1. The van der Waals surface area contributed by atoms with Crippen molar-refractivity contribution in [2.24, 2.45) is 5.92 Å². The van der Waals surface area contributed by atoms with E-state index in [0.717, 1.165) is 17.9 Å². The van der Waals surface area contributed by atoms with Gasteiger partial charge in [0.15, 0.2) is 11.5 Å². The number of aromatic nitrogens is 2. The molecule has 0 spiro atoms. The van der Waals surface area contributed by atoms with Crippen LogP contribution in [0.15, 0.2) is 22.7 Å². The van der Waals surface area contributed by atoms with Crippen LogP contribution in [0.3, 0.4) is 0 Å². The predicted octanol–water partition coefficient (Wildman–Crippen LogP) is 3.15. The molecule has 7 nitrogen and oxygen atoms in total. The van der Waals surface area contributed by atoms with Crippen LogP contribution >= 0.6 is 0 Å². The molecule has 1 N–H and O–H groups in total. The third-order valence-electron chi connectivity index (χ3n) is 5.96. The van der Waals surface area contributed by atoms with Gasteiger partial charge in [-0.05, 0) is 43.4 Å². The maximum atomic E-state index is 10.2. The lowest BCUT2D eigenvalue weighted by Gasteiger charge is -2.29. The van der Waals surface area contributed by atoms with Crippen LogP contribution < -0.4 is 9.47 Å². The fourth-order valence-electron chi connectivity index (χ4n) is 4.56. The van der Waals surface area contributed by atoms with Crippen molar-refractivity contribution >= 4 is 0 Å². The Bertz CT molecular complexity index is 802. The molecule has 2 fully saturated rings. The van der Waals surface area contributed by atoms with Gasteiger partial charge in [-0.2, -0.15) is 4.98 Å². The molecule has 7 heteroatoms. The zero-order valence-electron chi connectivity index (χ0n) is 15.3. The molecule has 3 heterocycles. The van der Waals surface area contributed by atoms with E-state index in [1.807, 2.05) is 18.2 Å². The molecule has 2 atom stereocenters. The molecule has 3 aliphatic rings. The Morgan fingerprint density at radius 3 is 2.85 bits per heavy atom. The minimum atomic E-state index is -0.334. The normalized spacial score (nSPS) is 26.0. The van der Waals surface area contributed by atoms with E-state index < -0.39 is 0 Å². The fraction of sp³-hybridized carbons (Fsp3) is 0.600. The number of rotatable bonds is 4. The number of β-amino-alcohol motifs (C(OH)–C–C–N with tert-alkyl or cyclic N) is 1. The van der Waals surface area contributed by atoms with Crippen molar-refractivity contribution in [1.29, 1.82) is 0 Å². The Labute approximate surface area is 158 Å². The lowest BCUT2D eigenvalue weighted by molar-refractivity contribution is 0.147. The van der Waals surface area contributed by atoms with E-state index in [4.69, 9.17) is 14.0 Å². The molecule has 144 valence electrons. The Hall–Kier alpha value is -2.12. The Morgan fingerprint density at radius 1 is 1.11 bits per heavy atom. The highest BCUT2D eigenvalue weighted by Gasteiger charge is 2.37. The summed E-state index contributed by atoms with van der Waals surface area (Å²) >= 11 is 0. The smallest absolute Gasteiger partial charge is 0.244 e. The van der Waals surface area contributed by atoms with Crippen molar-refractivity contribution in [2.75, 3.05) is 19.9 Å². The standard InChI is InChI=1S/C20H25N3O4/c24-15-9-16(23(11-15)10-13-4-2-1-3-5-13)20-21-19(22-27-20)14-6-7-17-18(8-14)26-12-25-17/h6-8,13,15-16,24H,1-5,9-12H2/t15-,16+/m1/s1. The Balaban J connectivity index is 1.34. The number of nitrogens with zero attached hydrogens (tertiary/aromatic N) is 3. The van der Waals surface area contributed by atoms with Crippen LogP contribution in [0.4, 0.5) is 0 Å². The van der Waals surface area contributed by atoms with Crippen LogP contribution in [0.25, 0.3) is 11.4 Å². The third kappa shape index (κ3) is 3.41. The molecule has 1 saturated carbocycles. The minimum Gasteiger partial charge on any atom is -0.454 e. The molecule has 1 aliphatic carbocycles. The molecule has 1 aromatic heterocycles. The third-order valence-corrected chi connectivity index (χ3v) is 5.96. The van der Waals surface area contributed by atoms with Crippen molar-refractivity contribution in [3.05, 3.63) is 24.1 Å². The highest BCUT2D eigenvalue weighted by Crippen LogP contribution is 2.37. The molecule has 0 amide bonds. The van der Waals surface area contributed by atoms with Gasteiger partial charge in [0.1, 0.15) is 0 Å². The van der Waals surface area contributed by atoms with Gasteiger partial charge in [-0.1, -0.05) is 24.4 Å². The van der Waals surface area contributed by atoms with Gasteiger partial charge in [0.25, 0.3) is 0 Å². The molecule has 0 bridgehead atoms. The van der Waals surface area contributed by atoms with E-state index in [2.05, 4.69) is 15.0 Å². The van der Waals surface area contributed by atoms with Gasteiger partial charge < -0.3 is 19.1 Å². The maximum absolute atomic E-state index is 10.2. The molecular weight excluding hydrogens is 346 g/mol. The van der Waals surface area contributed by atoms with Crippen LogP contribution in [0.5, 0.6) is 11.5 Å². The molecular formula is C20H25N3O4. The van der Waals surface area contributed by atoms with E-state index in [1.54, 1.807) is 0 Å². The number of benzene rings is 1. The summed E-state index contributed by atoms with van der Waals surface area (Å²) in [6, 6.07) is 5.64. The number of aliphatic hydroxyl groups excluding tert-OH is 1. The van der Waals surface area contributed by atoms with Gasteiger partial charge in [0, 0.05) is 18.7 Å². The lowest BCUT2D eigenvalue weighted by Crippen LogP contribution is -2.31. The summed E-state index contributed by atoms with van der Waals surface area (Å²) in [6.45, 7) is 1.93. The van der Waals surface area contributed by atoms with E-state index in [-0.39, 0.29) is 18.9 Å². The zero-order chi connectivity index (χ0) is 18.2. The second kappa shape index (κ2) is 7.13. The zero-order valence-corrected chi connectivity index (χ0v) is 15.3. The fourth-order valence-corrected chi connectivity index (χ4v) is 4.56. The van der Waals surface area contributed by atoms with Crippen LogP contribution in [-0.4, -0.2) is 46.1 Å². The second-order valence-corrected chi connectivity index (χ2v) is 7.89. The molecule has 27 heavy (non-hydrogen) atoms. The van der Waals surface area contributed by atoms with Gasteiger partial charge in [-0.25, -0.2) is 0 Å². The van der Waals surface area contributed by atoms with Gasteiger partial charge >= 0.3 is 0 Å². The Kier molecular flexibility index (Phi) is 4.49. The summed E-state index contributed by atoms with van der Waals surface area (Å²) in [5.41, 5.74) is 0.839. The molecule has 2 aromatic rings. The quantitative estimate of drug-likeness (QED) is 0.884. The van der Waals surface area contributed by atoms with Crippen molar-refractivity contribution in [2.45, 2.75) is 50.7 Å². The molecule has 1 saturated heterocycles. The van der Waals surface area contributed by atoms with E-state index in [0.29, 0.717) is 36.3 Å². The first kappa shape index (κ1) is 17.0. The molecule has 0 radical (unpaired) electrons. The first-order chi connectivity index (χ1) is 13.3. The van der Waals surface area contributed by atoms with E-state index >= 15 is 0 Å². The second-order valence-electron chi connectivity index (χ2n) is 7.89. The summed E-state index contributed by atoms with van der Waals surface area (Å²) in [5.74, 6) is 3.29. The van der Waals surface area contributed by atoms with Crippen molar-refractivity contribution < 1.29 is 19.1 Å². The van der Waals surface area contributed by atoms with Crippen molar-refractivity contribution in [1.82, 2.24) is 15.0 Å². The summed E-state index contributed by atoms with van der Waals surface area (Å²) in [6.07, 6.45) is 6.87. The summed E-state index contributed by atoms with van der Waals surface area (Å²) < 4.78 is 16.4. The van der Waals surface area contributed by atoms with Crippen LogP contribution in [0.1, 0.15) is 50.5 Å². The molecule has 0 unspecified atom stereocenters. The van der Waals surface area contributed by atoms with Crippen molar-refractivity contribution in [3.63, 3.8) is 0 Å². The first-order valence-electron chi connectivity index (χ1n) is 9.92. The van der Waals surface area contributed by atoms with Crippen LogP contribution in [0.2, 0.25) is 0 Å². The number of ether oxygens (including phenoxy) is 2. The number of hydrogen-bond acceptors (Lipinski definition) is 7.